The predicted octanol–water partition coefficient (Wildman–Crippen LogP) is 0.775. The van der Waals surface area contributed by atoms with E-state index >= 15 is 0 Å². The molecule has 0 radical (unpaired) electrons. The van der Waals surface area contributed by atoms with Gasteiger partial charge in [-0.1, -0.05) is 6.58 Å². The molecule has 0 bridgehead atoms. The first-order valence-electron chi connectivity index (χ1n) is 5.59. The zero-order valence-electron chi connectivity index (χ0n) is 11.0. The molecule has 7 heteroatoms. The Kier molecular flexibility index (Phi) is 8.19. The van der Waals surface area contributed by atoms with Crippen LogP contribution in [0.2, 0.25) is 0 Å². The summed E-state index contributed by atoms with van der Waals surface area (Å²) in [5, 5.41) is 8.43. The highest BCUT2D eigenvalue weighted by atomic mass is 16.6. The molecule has 19 heavy (non-hydrogen) atoms. The standard InChI is InChI=1S/C12H18O7.H2/c1-8(2)12(16)18-7-9(6-17-3)19-11(15)5-4-10(13)14;/h9H,1,4-7H2,2-3H3,(H,13,14);1H. The van der Waals surface area contributed by atoms with Crippen molar-refractivity contribution in [2.45, 2.75) is 25.9 Å². The molecule has 0 aromatic heterocycles. The quantitative estimate of drug-likeness (QED) is 0.490. The van der Waals surface area contributed by atoms with Crippen LogP contribution in [0, 0.1) is 0 Å². The Morgan fingerprint density at radius 1 is 1.26 bits per heavy atom. The van der Waals surface area contributed by atoms with Crippen molar-refractivity contribution in [1.29, 1.82) is 0 Å². The van der Waals surface area contributed by atoms with E-state index in [2.05, 4.69) is 6.58 Å². The van der Waals surface area contributed by atoms with E-state index in [1.165, 1.54) is 14.0 Å². The second kappa shape index (κ2) is 9.09. The lowest BCUT2D eigenvalue weighted by molar-refractivity contribution is -0.161. The summed E-state index contributed by atoms with van der Waals surface area (Å²) in [5.41, 5.74) is 0.230. The third-order valence-electron chi connectivity index (χ3n) is 1.94. The first-order valence-corrected chi connectivity index (χ1v) is 5.59. The molecule has 0 saturated heterocycles. The number of carboxylic acid groups (broad SMARTS) is 1. The minimum Gasteiger partial charge on any atom is -0.481 e. The molecular formula is C12H20O7. The van der Waals surface area contributed by atoms with Gasteiger partial charge >= 0.3 is 17.9 Å². The van der Waals surface area contributed by atoms with Gasteiger partial charge in [-0.05, 0) is 6.92 Å². The minimum absolute atomic E-state index is 0. The number of carboxylic acids is 1. The molecule has 0 amide bonds. The average molecular weight is 276 g/mol. The molecule has 0 spiro atoms. The summed E-state index contributed by atoms with van der Waals surface area (Å²) in [6.45, 7) is 4.78. The maximum absolute atomic E-state index is 11.3. The molecule has 1 atom stereocenters. The highest BCUT2D eigenvalue weighted by Gasteiger charge is 2.17. The molecule has 0 aromatic rings. The number of carbonyl (C=O) groups excluding carboxylic acids is 2. The summed E-state index contributed by atoms with van der Waals surface area (Å²) < 4.78 is 14.6. The number of esters is 2. The molecule has 0 fully saturated rings. The van der Waals surface area contributed by atoms with Crippen molar-refractivity contribution >= 4 is 17.9 Å². The maximum Gasteiger partial charge on any atom is 0.333 e. The van der Waals surface area contributed by atoms with Crippen LogP contribution >= 0.6 is 0 Å². The number of hydrogen-bond donors (Lipinski definition) is 1. The van der Waals surface area contributed by atoms with Crippen LogP contribution in [0.15, 0.2) is 12.2 Å². The summed E-state index contributed by atoms with van der Waals surface area (Å²) in [5.74, 6) is -2.37. The van der Waals surface area contributed by atoms with Crippen molar-refractivity contribution in [3.05, 3.63) is 12.2 Å². The first kappa shape index (κ1) is 17.1. The van der Waals surface area contributed by atoms with Crippen molar-refractivity contribution < 1.29 is 35.1 Å². The maximum atomic E-state index is 11.3. The van der Waals surface area contributed by atoms with E-state index in [0.29, 0.717) is 0 Å². The summed E-state index contributed by atoms with van der Waals surface area (Å²) >= 11 is 0. The second-order valence-corrected chi connectivity index (χ2v) is 3.84. The van der Waals surface area contributed by atoms with Crippen LogP contribution in [0.5, 0.6) is 0 Å². The Morgan fingerprint density at radius 2 is 1.89 bits per heavy atom. The highest BCUT2D eigenvalue weighted by molar-refractivity contribution is 5.86. The van der Waals surface area contributed by atoms with E-state index < -0.39 is 24.0 Å². The molecule has 0 heterocycles. The first-order chi connectivity index (χ1) is 8.86. The minimum atomic E-state index is -1.09. The predicted molar refractivity (Wildman–Crippen MR) is 66.5 cm³/mol. The zero-order chi connectivity index (χ0) is 14.8. The van der Waals surface area contributed by atoms with E-state index in [1.807, 2.05) is 0 Å². The number of hydrogen-bond acceptors (Lipinski definition) is 6. The Morgan fingerprint density at radius 3 is 2.37 bits per heavy atom. The van der Waals surface area contributed by atoms with Crippen molar-refractivity contribution in [1.82, 2.24) is 0 Å². The lowest BCUT2D eigenvalue weighted by Gasteiger charge is -2.17. The lowest BCUT2D eigenvalue weighted by Crippen LogP contribution is -2.29. The van der Waals surface area contributed by atoms with E-state index in [0.717, 1.165) is 0 Å². The van der Waals surface area contributed by atoms with Crippen molar-refractivity contribution in [2.24, 2.45) is 0 Å². The summed E-state index contributed by atoms with van der Waals surface area (Å²) in [6, 6.07) is 0. The molecule has 0 aromatic carbocycles. The average Bonchev–Trinajstić information content (AvgIpc) is 2.33. The van der Waals surface area contributed by atoms with Gasteiger partial charge in [0.1, 0.15) is 6.61 Å². The molecule has 0 rings (SSSR count). The fraction of sp³-hybridized carbons (Fsp3) is 0.583. The topological polar surface area (TPSA) is 99.1 Å². The van der Waals surface area contributed by atoms with Gasteiger partial charge in [0.15, 0.2) is 6.10 Å². The molecule has 110 valence electrons. The molecule has 0 aliphatic heterocycles. The van der Waals surface area contributed by atoms with Gasteiger partial charge < -0.3 is 19.3 Å². The third kappa shape index (κ3) is 8.78. The van der Waals surface area contributed by atoms with Gasteiger partial charge in [0.25, 0.3) is 0 Å². The van der Waals surface area contributed by atoms with Gasteiger partial charge in [-0.2, -0.15) is 0 Å². The summed E-state index contributed by atoms with van der Waals surface area (Å²) in [4.78, 5) is 32.8. The van der Waals surface area contributed by atoms with Crippen molar-refractivity contribution in [3.8, 4) is 0 Å². The van der Waals surface area contributed by atoms with Gasteiger partial charge in [0.05, 0.1) is 19.4 Å². The Bertz CT molecular complexity index is 354. The fourth-order valence-corrected chi connectivity index (χ4v) is 1.05. The van der Waals surface area contributed by atoms with Crippen LogP contribution in [0.1, 0.15) is 21.2 Å². The third-order valence-corrected chi connectivity index (χ3v) is 1.94. The smallest absolute Gasteiger partial charge is 0.333 e. The van der Waals surface area contributed by atoms with Gasteiger partial charge in [0, 0.05) is 14.1 Å². The molecule has 1 N–H and O–H groups in total. The Balaban J connectivity index is 0. The fourth-order valence-electron chi connectivity index (χ4n) is 1.05. The molecular weight excluding hydrogens is 256 g/mol. The van der Waals surface area contributed by atoms with E-state index in [1.54, 1.807) is 0 Å². The number of carbonyl (C=O) groups is 3. The molecule has 0 saturated carbocycles. The molecule has 0 aliphatic carbocycles. The molecule has 7 nitrogen and oxygen atoms in total. The van der Waals surface area contributed by atoms with E-state index in [4.69, 9.17) is 19.3 Å². The molecule has 1 unspecified atom stereocenters. The number of ether oxygens (including phenoxy) is 3. The summed E-state index contributed by atoms with van der Waals surface area (Å²) in [7, 11) is 1.40. The highest BCUT2D eigenvalue weighted by Crippen LogP contribution is 2.02. The van der Waals surface area contributed by atoms with Crippen LogP contribution in [0.3, 0.4) is 0 Å². The van der Waals surface area contributed by atoms with E-state index in [-0.39, 0.29) is 33.1 Å². The van der Waals surface area contributed by atoms with Crippen molar-refractivity contribution in [3.63, 3.8) is 0 Å². The van der Waals surface area contributed by atoms with Gasteiger partial charge in [0.2, 0.25) is 0 Å². The van der Waals surface area contributed by atoms with E-state index in [9.17, 15) is 14.4 Å². The lowest BCUT2D eigenvalue weighted by atomic mass is 10.3. The SMILES string of the molecule is C=C(C)C(=O)OCC(COC)OC(=O)CCC(=O)O.[HH]. The van der Waals surface area contributed by atoms with Gasteiger partial charge in [-0.3, -0.25) is 9.59 Å². The monoisotopic (exact) mass is 276 g/mol. The zero-order valence-corrected chi connectivity index (χ0v) is 11.0. The van der Waals surface area contributed by atoms with Gasteiger partial charge in [-0.25, -0.2) is 4.79 Å². The van der Waals surface area contributed by atoms with Crippen molar-refractivity contribution in [2.75, 3.05) is 20.3 Å². The van der Waals surface area contributed by atoms with Crippen LogP contribution in [0.25, 0.3) is 0 Å². The molecule has 0 aliphatic rings. The largest absolute Gasteiger partial charge is 0.481 e. The number of methoxy groups -OCH3 is 1. The number of aliphatic carboxylic acids is 1. The number of rotatable bonds is 9. The Hall–Kier alpha value is -1.89. The Labute approximate surface area is 112 Å². The summed E-state index contributed by atoms with van der Waals surface area (Å²) in [6.07, 6.45) is -1.33. The van der Waals surface area contributed by atoms with Gasteiger partial charge in [-0.15, -0.1) is 0 Å². The van der Waals surface area contributed by atoms with Crippen LogP contribution in [-0.4, -0.2) is 49.4 Å². The van der Waals surface area contributed by atoms with Crippen LogP contribution in [-0.2, 0) is 28.6 Å². The van der Waals surface area contributed by atoms with Crippen LogP contribution in [0.4, 0.5) is 0 Å². The normalized spacial score (nSPS) is 11.5. The van der Waals surface area contributed by atoms with Crippen LogP contribution < -0.4 is 0 Å². The second-order valence-electron chi connectivity index (χ2n) is 3.84.